The fourth-order valence-corrected chi connectivity index (χ4v) is 1.63. The Labute approximate surface area is 88.3 Å². The average Bonchev–Trinajstić information content (AvgIpc) is 2.63. The van der Waals surface area contributed by atoms with E-state index in [0.717, 1.165) is 17.9 Å². The fourth-order valence-electron chi connectivity index (χ4n) is 1.63. The first-order valence-electron chi connectivity index (χ1n) is 5.06. The lowest BCUT2D eigenvalue weighted by molar-refractivity contribution is -0.119. The minimum atomic E-state index is 0.137. The number of nitrogens with zero attached hydrogens (tertiary/aromatic N) is 2. The Bertz CT molecular complexity index is 366. The van der Waals surface area contributed by atoms with Crippen LogP contribution in [0.15, 0.2) is 12.4 Å². The molecule has 0 aliphatic carbocycles. The number of anilines is 1. The summed E-state index contributed by atoms with van der Waals surface area (Å²) in [5, 5.41) is 6.08. The fraction of sp³-hybridized carbons (Fsp3) is 0.500. The largest absolute Gasteiger partial charge is 0.367 e. The van der Waals surface area contributed by atoms with Crippen LogP contribution < -0.4 is 10.6 Å². The molecule has 1 atom stereocenters. The number of carbonyl (C=O) groups is 1. The lowest BCUT2D eigenvalue weighted by Gasteiger charge is -2.12. The Hall–Kier alpha value is -1.65. The molecule has 2 N–H and O–H groups in total. The van der Waals surface area contributed by atoms with E-state index in [-0.39, 0.29) is 11.9 Å². The van der Waals surface area contributed by atoms with Crippen molar-refractivity contribution in [2.75, 3.05) is 11.9 Å². The summed E-state index contributed by atoms with van der Waals surface area (Å²) in [6.45, 7) is 2.62. The third-order valence-corrected chi connectivity index (χ3v) is 2.48. The highest BCUT2D eigenvalue weighted by Gasteiger charge is 2.20. The van der Waals surface area contributed by atoms with E-state index in [1.54, 1.807) is 12.4 Å². The summed E-state index contributed by atoms with van der Waals surface area (Å²) in [5.74, 6) is 0.927. The number of hydrogen-bond acceptors (Lipinski definition) is 4. The van der Waals surface area contributed by atoms with Gasteiger partial charge in [-0.2, -0.15) is 0 Å². The molecule has 1 aliphatic heterocycles. The molecular formula is C10H14N4O. The van der Waals surface area contributed by atoms with E-state index >= 15 is 0 Å². The first-order chi connectivity index (χ1) is 7.25. The molecule has 1 aliphatic rings. The summed E-state index contributed by atoms with van der Waals surface area (Å²) in [6.07, 6.45) is 4.84. The van der Waals surface area contributed by atoms with Gasteiger partial charge in [-0.05, 0) is 13.3 Å². The van der Waals surface area contributed by atoms with Gasteiger partial charge in [0, 0.05) is 31.4 Å². The normalized spacial score (nSPS) is 20.1. The van der Waals surface area contributed by atoms with Crippen LogP contribution >= 0.6 is 0 Å². The molecule has 1 saturated heterocycles. The van der Waals surface area contributed by atoms with E-state index in [9.17, 15) is 4.79 Å². The Balaban J connectivity index is 1.88. The van der Waals surface area contributed by atoms with Crippen molar-refractivity contribution in [1.29, 1.82) is 0 Å². The third-order valence-electron chi connectivity index (χ3n) is 2.48. The Morgan fingerprint density at radius 2 is 2.33 bits per heavy atom. The van der Waals surface area contributed by atoms with Crippen molar-refractivity contribution < 1.29 is 4.79 Å². The van der Waals surface area contributed by atoms with Crippen molar-refractivity contribution in [2.24, 2.45) is 0 Å². The standard InChI is InChI=1S/C10H14N4O/c1-7-10(12-5-4-11-7)13-6-8-2-3-9(15)14-8/h4-5,8H,2-3,6H2,1H3,(H,12,13)(H,14,15). The Morgan fingerprint density at radius 3 is 3.00 bits per heavy atom. The van der Waals surface area contributed by atoms with Gasteiger partial charge >= 0.3 is 0 Å². The predicted molar refractivity (Wildman–Crippen MR) is 56.4 cm³/mol. The number of hydrogen-bond donors (Lipinski definition) is 2. The van der Waals surface area contributed by atoms with Crippen LogP contribution in [-0.4, -0.2) is 28.5 Å². The van der Waals surface area contributed by atoms with Crippen molar-refractivity contribution in [3.63, 3.8) is 0 Å². The summed E-state index contributed by atoms with van der Waals surface area (Å²) >= 11 is 0. The van der Waals surface area contributed by atoms with Gasteiger partial charge in [0.05, 0.1) is 5.69 Å². The van der Waals surface area contributed by atoms with Gasteiger partial charge in [0.1, 0.15) is 5.82 Å². The van der Waals surface area contributed by atoms with E-state index < -0.39 is 0 Å². The first-order valence-corrected chi connectivity index (χ1v) is 5.06. The van der Waals surface area contributed by atoms with Gasteiger partial charge < -0.3 is 10.6 Å². The monoisotopic (exact) mass is 206 g/mol. The lowest BCUT2D eigenvalue weighted by Crippen LogP contribution is -2.32. The zero-order valence-corrected chi connectivity index (χ0v) is 8.66. The van der Waals surface area contributed by atoms with Gasteiger partial charge in [-0.1, -0.05) is 0 Å². The maximum absolute atomic E-state index is 11.0. The first kappa shape index (κ1) is 9.89. The minimum absolute atomic E-state index is 0.137. The average molecular weight is 206 g/mol. The van der Waals surface area contributed by atoms with Crippen LogP contribution in [0.3, 0.4) is 0 Å². The van der Waals surface area contributed by atoms with Crippen LogP contribution in [0.4, 0.5) is 5.82 Å². The highest BCUT2D eigenvalue weighted by molar-refractivity contribution is 5.78. The van der Waals surface area contributed by atoms with Gasteiger partial charge in [0.25, 0.3) is 0 Å². The van der Waals surface area contributed by atoms with Crippen LogP contribution in [0, 0.1) is 6.92 Å². The van der Waals surface area contributed by atoms with Crippen LogP contribution in [0.1, 0.15) is 18.5 Å². The molecule has 0 saturated carbocycles. The van der Waals surface area contributed by atoms with Crippen molar-refractivity contribution >= 4 is 11.7 Å². The third kappa shape index (κ3) is 2.43. The molecule has 0 aromatic carbocycles. The summed E-state index contributed by atoms with van der Waals surface area (Å²) in [5.41, 5.74) is 0.877. The van der Waals surface area contributed by atoms with Crippen LogP contribution in [0.5, 0.6) is 0 Å². The molecule has 1 aromatic rings. The zero-order chi connectivity index (χ0) is 10.7. The van der Waals surface area contributed by atoms with Gasteiger partial charge in [-0.25, -0.2) is 4.98 Å². The molecule has 0 radical (unpaired) electrons. The molecule has 2 rings (SSSR count). The molecule has 1 aromatic heterocycles. The van der Waals surface area contributed by atoms with E-state index in [1.807, 2.05) is 6.92 Å². The highest BCUT2D eigenvalue weighted by Crippen LogP contribution is 2.09. The quantitative estimate of drug-likeness (QED) is 0.754. The number of nitrogens with one attached hydrogen (secondary N) is 2. The van der Waals surface area contributed by atoms with E-state index in [2.05, 4.69) is 20.6 Å². The molecule has 1 amide bonds. The molecule has 0 bridgehead atoms. The summed E-state index contributed by atoms with van der Waals surface area (Å²) in [4.78, 5) is 19.3. The van der Waals surface area contributed by atoms with Gasteiger partial charge in [-0.15, -0.1) is 0 Å². The summed E-state index contributed by atoms with van der Waals surface area (Å²) < 4.78 is 0. The second-order valence-corrected chi connectivity index (χ2v) is 3.67. The Morgan fingerprint density at radius 1 is 1.53 bits per heavy atom. The Kier molecular flexibility index (Phi) is 2.80. The molecular weight excluding hydrogens is 192 g/mol. The second-order valence-electron chi connectivity index (χ2n) is 3.67. The van der Waals surface area contributed by atoms with Crippen molar-refractivity contribution in [3.8, 4) is 0 Å². The molecule has 0 spiro atoms. The SMILES string of the molecule is Cc1nccnc1NCC1CCC(=O)N1. The molecule has 1 unspecified atom stereocenters. The number of carbonyl (C=O) groups excluding carboxylic acids is 1. The van der Waals surface area contributed by atoms with Crippen LogP contribution in [0.2, 0.25) is 0 Å². The lowest BCUT2D eigenvalue weighted by atomic mass is 10.2. The molecule has 1 fully saturated rings. The molecule has 5 nitrogen and oxygen atoms in total. The molecule has 2 heterocycles. The van der Waals surface area contributed by atoms with Crippen molar-refractivity contribution in [2.45, 2.75) is 25.8 Å². The zero-order valence-electron chi connectivity index (χ0n) is 8.66. The van der Waals surface area contributed by atoms with Gasteiger partial charge in [0.2, 0.25) is 5.91 Å². The minimum Gasteiger partial charge on any atom is -0.367 e. The highest BCUT2D eigenvalue weighted by atomic mass is 16.1. The van der Waals surface area contributed by atoms with Crippen LogP contribution in [-0.2, 0) is 4.79 Å². The van der Waals surface area contributed by atoms with E-state index in [4.69, 9.17) is 0 Å². The van der Waals surface area contributed by atoms with Crippen molar-refractivity contribution in [1.82, 2.24) is 15.3 Å². The van der Waals surface area contributed by atoms with Crippen molar-refractivity contribution in [3.05, 3.63) is 18.1 Å². The number of aryl methyl sites for hydroxylation is 1. The smallest absolute Gasteiger partial charge is 0.220 e. The van der Waals surface area contributed by atoms with Gasteiger partial charge in [0.15, 0.2) is 0 Å². The molecule has 80 valence electrons. The second kappa shape index (κ2) is 4.25. The topological polar surface area (TPSA) is 66.9 Å². The van der Waals surface area contributed by atoms with E-state index in [0.29, 0.717) is 13.0 Å². The predicted octanol–water partition coefficient (Wildman–Crippen LogP) is 0.476. The van der Waals surface area contributed by atoms with E-state index in [1.165, 1.54) is 0 Å². The number of amides is 1. The summed E-state index contributed by atoms with van der Waals surface area (Å²) in [6, 6.07) is 0.221. The van der Waals surface area contributed by atoms with Crippen LogP contribution in [0.25, 0.3) is 0 Å². The molecule has 15 heavy (non-hydrogen) atoms. The maximum atomic E-state index is 11.0. The molecule has 5 heteroatoms. The van der Waals surface area contributed by atoms with Gasteiger partial charge in [-0.3, -0.25) is 9.78 Å². The number of rotatable bonds is 3. The summed E-state index contributed by atoms with van der Waals surface area (Å²) in [7, 11) is 0. The number of aromatic nitrogens is 2. The maximum Gasteiger partial charge on any atom is 0.220 e.